The van der Waals surface area contributed by atoms with Crippen LogP contribution in [0.4, 0.5) is 5.69 Å². The summed E-state index contributed by atoms with van der Waals surface area (Å²) in [5, 5.41) is 2.95. The lowest BCUT2D eigenvalue weighted by Gasteiger charge is -2.08. The third-order valence-corrected chi connectivity index (χ3v) is 2.95. The highest BCUT2D eigenvalue weighted by Crippen LogP contribution is 2.16. The van der Waals surface area contributed by atoms with E-state index in [2.05, 4.69) is 5.32 Å². The summed E-state index contributed by atoms with van der Waals surface area (Å²) in [6.07, 6.45) is 2.95. The van der Waals surface area contributed by atoms with Crippen molar-refractivity contribution in [2.75, 3.05) is 11.9 Å². The van der Waals surface area contributed by atoms with Gasteiger partial charge in [-0.1, -0.05) is 42.5 Å². The molecule has 2 rings (SSSR count). The topological polar surface area (TPSA) is 55.4 Å². The molecule has 0 aliphatic rings. The van der Waals surface area contributed by atoms with Crippen molar-refractivity contribution >= 4 is 17.4 Å². The molecular formula is C18H17NO3. The molecule has 4 nitrogen and oxygen atoms in total. The Kier molecular flexibility index (Phi) is 5.49. The summed E-state index contributed by atoms with van der Waals surface area (Å²) in [4.78, 5) is 23.8. The Balaban J connectivity index is 2.07. The number of hydrogen-bond acceptors (Lipinski definition) is 4. The zero-order valence-electron chi connectivity index (χ0n) is 12.3. The zero-order chi connectivity index (χ0) is 15.8. The first-order chi connectivity index (χ1) is 10.7. The van der Waals surface area contributed by atoms with Gasteiger partial charge in [-0.25, -0.2) is 4.79 Å². The quantitative estimate of drug-likeness (QED) is 0.502. The molecule has 0 amide bonds. The van der Waals surface area contributed by atoms with Crippen LogP contribution in [0.25, 0.3) is 0 Å². The number of benzene rings is 2. The molecule has 0 spiro atoms. The average Bonchev–Trinajstić information content (AvgIpc) is 2.56. The minimum atomic E-state index is -0.395. The molecule has 22 heavy (non-hydrogen) atoms. The second-order valence-electron chi connectivity index (χ2n) is 4.47. The second kappa shape index (κ2) is 7.78. The van der Waals surface area contributed by atoms with E-state index in [1.165, 1.54) is 12.3 Å². The summed E-state index contributed by atoms with van der Waals surface area (Å²) in [5.41, 5.74) is 1.64. The first kappa shape index (κ1) is 15.5. The first-order valence-electron chi connectivity index (χ1n) is 7.01. The van der Waals surface area contributed by atoms with Gasteiger partial charge in [0.25, 0.3) is 0 Å². The van der Waals surface area contributed by atoms with Crippen molar-refractivity contribution in [3.8, 4) is 0 Å². The van der Waals surface area contributed by atoms with E-state index in [1.807, 2.05) is 18.2 Å². The van der Waals surface area contributed by atoms with Gasteiger partial charge in [-0.05, 0) is 19.1 Å². The zero-order valence-corrected chi connectivity index (χ0v) is 12.3. The van der Waals surface area contributed by atoms with Crippen molar-refractivity contribution in [2.24, 2.45) is 0 Å². The number of allylic oxidation sites excluding steroid dienone is 1. The fraction of sp³-hybridized carbons (Fsp3) is 0.111. The highest BCUT2D eigenvalue weighted by atomic mass is 16.5. The van der Waals surface area contributed by atoms with Crippen molar-refractivity contribution in [1.82, 2.24) is 0 Å². The van der Waals surface area contributed by atoms with Crippen molar-refractivity contribution in [3.05, 3.63) is 78.0 Å². The van der Waals surface area contributed by atoms with E-state index in [4.69, 9.17) is 4.74 Å². The molecule has 0 saturated carbocycles. The van der Waals surface area contributed by atoms with Gasteiger partial charge in [0.2, 0.25) is 0 Å². The number of anilines is 1. The van der Waals surface area contributed by atoms with Crippen LogP contribution >= 0.6 is 0 Å². The molecule has 0 bridgehead atoms. The summed E-state index contributed by atoms with van der Waals surface area (Å²) in [7, 11) is 0. The number of carbonyl (C=O) groups excluding carboxylic acids is 2. The third kappa shape index (κ3) is 4.06. The molecule has 0 aromatic heterocycles. The molecule has 0 atom stereocenters. The van der Waals surface area contributed by atoms with Gasteiger partial charge in [0.1, 0.15) is 0 Å². The maximum absolute atomic E-state index is 11.9. The number of ether oxygens (including phenoxy) is 1. The molecule has 0 fully saturated rings. The summed E-state index contributed by atoms with van der Waals surface area (Å²) in [5.74, 6) is -0.505. The normalized spacial score (nSPS) is 10.4. The van der Waals surface area contributed by atoms with E-state index < -0.39 is 5.97 Å². The summed E-state index contributed by atoms with van der Waals surface area (Å²) < 4.78 is 5.00. The Bertz CT molecular complexity index is 678. The van der Waals surface area contributed by atoms with E-state index in [1.54, 1.807) is 43.3 Å². The standard InChI is InChI=1S/C18H17NO3/c1-2-22-18(21)15-10-6-7-11-16(15)19-13-12-17(20)14-8-4-3-5-9-14/h3-13,19H,2H2,1H3/b13-12-. The Morgan fingerprint density at radius 2 is 1.73 bits per heavy atom. The second-order valence-corrected chi connectivity index (χ2v) is 4.47. The summed E-state index contributed by atoms with van der Waals surface area (Å²) >= 11 is 0. The number of rotatable bonds is 6. The summed E-state index contributed by atoms with van der Waals surface area (Å²) in [6.45, 7) is 2.07. The van der Waals surface area contributed by atoms with Gasteiger partial charge in [0.15, 0.2) is 5.78 Å². The van der Waals surface area contributed by atoms with Gasteiger partial charge in [0.05, 0.1) is 17.9 Å². The molecule has 4 heteroatoms. The first-order valence-corrected chi connectivity index (χ1v) is 7.01. The lowest BCUT2D eigenvalue weighted by molar-refractivity contribution is 0.0527. The SMILES string of the molecule is CCOC(=O)c1ccccc1N/C=C\C(=O)c1ccccc1. The van der Waals surface area contributed by atoms with Crippen LogP contribution in [0, 0.1) is 0 Å². The number of carbonyl (C=O) groups is 2. The van der Waals surface area contributed by atoms with Gasteiger partial charge in [-0.15, -0.1) is 0 Å². The van der Waals surface area contributed by atoms with E-state index in [0.29, 0.717) is 23.4 Å². The van der Waals surface area contributed by atoms with Gasteiger partial charge in [-0.2, -0.15) is 0 Å². The van der Waals surface area contributed by atoms with E-state index in [9.17, 15) is 9.59 Å². The van der Waals surface area contributed by atoms with Crippen LogP contribution in [0.2, 0.25) is 0 Å². The minimum absolute atomic E-state index is 0.110. The van der Waals surface area contributed by atoms with Crippen molar-refractivity contribution in [1.29, 1.82) is 0 Å². The lowest BCUT2D eigenvalue weighted by atomic mass is 10.1. The highest BCUT2D eigenvalue weighted by molar-refractivity contribution is 6.04. The van der Waals surface area contributed by atoms with Crippen molar-refractivity contribution < 1.29 is 14.3 Å². The van der Waals surface area contributed by atoms with Crippen LogP contribution in [-0.4, -0.2) is 18.4 Å². The van der Waals surface area contributed by atoms with Crippen molar-refractivity contribution in [2.45, 2.75) is 6.92 Å². The molecule has 0 heterocycles. The third-order valence-electron chi connectivity index (χ3n) is 2.95. The van der Waals surface area contributed by atoms with Crippen LogP contribution in [0.15, 0.2) is 66.9 Å². The number of nitrogens with one attached hydrogen (secondary N) is 1. The molecule has 0 saturated heterocycles. The fourth-order valence-electron chi connectivity index (χ4n) is 1.90. The number of para-hydroxylation sites is 1. The Labute approximate surface area is 129 Å². The predicted octanol–water partition coefficient (Wildman–Crippen LogP) is 3.67. The van der Waals surface area contributed by atoms with Gasteiger partial charge in [0, 0.05) is 17.8 Å². The Morgan fingerprint density at radius 3 is 2.45 bits per heavy atom. The maximum Gasteiger partial charge on any atom is 0.340 e. The van der Waals surface area contributed by atoms with Crippen LogP contribution in [-0.2, 0) is 4.74 Å². The molecule has 112 valence electrons. The fourth-order valence-corrected chi connectivity index (χ4v) is 1.90. The smallest absolute Gasteiger partial charge is 0.340 e. The van der Waals surface area contributed by atoms with Crippen LogP contribution in [0.5, 0.6) is 0 Å². The molecule has 0 unspecified atom stereocenters. The molecule has 0 radical (unpaired) electrons. The molecule has 0 aliphatic heterocycles. The van der Waals surface area contributed by atoms with E-state index in [-0.39, 0.29) is 5.78 Å². The lowest BCUT2D eigenvalue weighted by Crippen LogP contribution is -2.07. The monoisotopic (exact) mass is 295 g/mol. The predicted molar refractivity (Wildman–Crippen MR) is 85.9 cm³/mol. The number of hydrogen-bond donors (Lipinski definition) is 1. The maximum atomic E-state index is 11.9. The Morgan fingerprint density at radius 1 is 1.05 bits per heavy atom. The molecular weight excluding hydrogens is 278 g/mol. The number of ketones is 1. The Hall–Kier alpha value is -2.88. The van der Waals surface area contributed by atoms with Crippen molar-refractivity contribution in [3.63, 3.8) is 0 Å². The molecule has 1 N–H and O–H groups in total. The largest absolute Gasteiger partial charge is 0.462 e. The van der Waals surface area contributed by atoms with Crippen LogP contribution in [0.3, 0.4) is 0 Å². The van der Waals surface area contributed by atoms with E-state index in [0.717, 1.165) is 0 Å². The van der Waals surface area contributed by atoms with Gasteiger partial charge in [-0.3, -0.25) is 4.79 Å². The summed E-state index contributed by atoms with van der Waals surface area (Å²) in [6, 6.07) is 16.0. The molecule has 2 aromatic carbocycles. The highest BCUT2D eigenvalue weighted by Gasteiger charge is 2.10. The minimum Gasteiger partial charge on any atom is -0.462 e. The van der Waals surface area contributed by atoms with E-state index >= 15 is 0 Å². The van der Waals surface area contributed by atoms with Crippen LogP contribution < -0.4 is 5.32 Å². The average molecular weight is 295 g/mol. The van der Waals surface area contributed by atoms with Gasteiger partial charge < -0.3 is 10.1 Å². The molecule has 2 aromatic rings. The molecule has 0 aliphatic carbocycles. The number of esters is 1. The van der Waals surface area contributed by atoms with Gasteiger partial charge >= 0.3 is 5.97 Å². The van der Waals surface area contributed by atoms with Crippen LogP contribution in [0.1, 0.15) is 27.6 Å².